The smallest absolute Gasteiger partial charge is 0.352 e. The van der Waals surface area contributed by atoms with Crippen LogP contribution >= 0.6 is 23.1 Å². The molecule has 1 fully saturated rings. The number of nitrogens with zero attached hydrogens (tertiary/aromatic N) is 3. The van der Waals surface area contributed by atoms with E-state index in [-0.39, 0.29) is 22.2 Å². The first-order valence-electron chi connectivity index (χ1n) is 8.68. The normalized spacial score (nSPS) is 21.6. The van der Waals surface area contributed by atoms with Crippen molar-refractivity contribution in [2.45, 2.75) is 24.4 Å². The zero-order chi connectivity index (χ0) is 22.9. The molecule has 0 saturated carbocycles. The van der Waals surface area contributed by atoms with Gasteiger partial charge in [0.25, 0.3) is 11.8 Å². The number of amides is 2. The van der Waals surface area contributed by atoms with E-state index in [2.05, 4.69) is 22.0 Å². The van der Waals surface area contributed by atoms with Crippen LogP contribution < -0.4 is 11.1 Å². The summed E-state index contributed by atoms with van der Waals surface area (Å²) >= 11 is 2.30. The number of fused-ring (bicyclic) bond motifs is 1. The van der Waals surface area contributed by atoms with Gasteiger partial charge in [-0.3, -0.25) is 14.5 Å². The monoisotopic (exact) mass is 467 g/mol. The number of aliphatic carboxylic acids is 2. The van der Waals surface area contributed by atoms with E-state index >= 15 is 0 Å². The minimum atomic E-state index is -1.34. The minimum Gasteiger partial charge on any atom is -0.478 e. The number of carboxylic acid groups (broad SMARTS) is 2. The van der Waals surface area contributed by atoms with Gasteiger partial charge in [0.05, 0.1) is 0 Å². The fraction of sp³-hybridized carbons (Fsp3) is 0.294. The second-order valence-corrected chi connectivity index (χ2v) is 8.34. The number of carbonyl (C=O) groups excluding carboxylic acids is 2. The number of carbonyl (C=O) groups is 4. The van der Waals surface area contributed by atoms with E-state index in [1.54, 1.807) is 0 Å². The van der Waals surface area contributed by atoms with Crippen molar-refractivity contribution in [1.82, 2.24) is 15.2 Å². The molecule has 0 aliphatic carbocycles. The lowest BCUT2D eigenvalue weighted by Crippen LogP contribution is -2.71. The molecule has 2 aliphatic heterocycles. The first kappa shape index (κ1) is 22.3. The summed E-state index contributed by atoms with van der Waals surface area (Å²) in [5.74, 6) is -3.73. The van der Waals surface area contributed by atoms with Crippen LogP contribution in [0.15, 0.2) is 34.5 Å². The molecule has 1 aromatic rings. The van der Waals surface area contributed by atoms with Gasteiger partial charge >= 0.3 is 11.9 Å². The Bertz CT molecular complexity index is 1030. The van der Waals surface area contributed by atoms with Crippen LogP contribution in [0, 0.1) is 0 Å². The number of thiazole rings is 1. The van der Waals surface area contributed by atoms with Crippen LogP contribution in [-0.2, 0) is 24.0 Å². The first-order chi connectivity index (χ1) is 14.6. The highest BCUT2D eigenvalue weighted by molar-refractivity contribution is 8.00. The summed E-state index contributed by atoms with van der Waals surface area (Å²) in [7, 11) is 0. The number of carboxylic acids is 2. The third-order valence-electron chi connectivity index (χ3n) is 4.36. The van der Waals surface area contributed by atoms with E-state index in [1.165, 1.54) is 30.1 Å². The van der Waals surface area contributed by atoms with Gasteiger partial charge in [0, 0.05) is 11.1 Å². The topological polar surface area (TPSA) is 185 Å². The molecule has 3 rings (SSSR count). The number of nitrogen functional groups attached to an aromatic ring is 1. The Balaban J connectivity index is 1.82. The van der Waals surface area contributed by atoms with Crippen LogP contribution in [0.4, 0.5) is 5.13 Å². The van der Waals surface area contributed by atoms with Crippen LogP contribution in [0.1, 0.15) is 12.6 Å². The quantitative estimate of drug-likeness (QED) is 0.227. The molecule has 2 unspecified atom stereocenters. The Morgan fingerprint density at radius 3 is 2.74 bits per heavy atom. The summed E-state index contributed by atoms with van der Waals surface area (Å²) in [5.41, 5.74) is 5.50. The summed E-state index contributed by atoms with van der Waals surface area (Å²) < 4.78 is 0. The van der Waals surface area contributed by atoms with E-state index in [0.717, 1.165) is 16.2 Å². The highest BCUT2D eigenvalue weighted by Crippen LogP contribution is 2.40. The Morgan fingerprint density at radius 2 is 2.19 bits per heavy atom. The summed E-state index contributed by atoms with van der Waals surface area (Å²) in [6.07, 6.45) is 0.0404. The third-order valence-corrected chi connectivity index (χ3v) is 6.34. The largest absolute Gasteiger partial charge is 0.478 e. The Kier molecular flexibility index (Phi) is 6.31. The molecule has 14 heteroatoms. The lowest BCUT2D eigenvalue weighted by Gasteiger charge is -2.49. The van der Waals surface area contributed by atoms with E-state index in [1.807, 2.05) is 0 Å². The number of aromatic nitrogens is 1. The summed E-state index contributed by atoms with van der Waals surface area (Å²) in [5, 5.41) is 25.4. The molecule has 2 amide bonds. The number of β-lactam (4-membered cyclic amide) rings is 1. The van der Waals surface area contributed by atoms with Crippen LogP contribution in [0.5, 0.6) is 0 Å². The van der Waals surface area contributed by atoms with Crippen LogP contribution in [0.3, 0.4) is 0 Å². The number of anilines is 1. The van der Waals surface area contributed by atoms with Crippen LogP contribution in [0.2, 0.25) is 0 Å². The average Bonchev–Trinajstić information content (AvgIpc) is 3.16. The fourth-order valence-corrected chi connectivity index (χ4v) is 4.67. The number of nitrogens with one attached hydrogen (secondary N) is 1. The molecule has 12 nitrogen and oxygen atoms in total. The molecule has 0 aromatic carbocycles. The van der Waals surface area contributed by atoms with Gasteiger partial charge in [-0.2, -0.15) is 0 Å². The summed E-state index contributed by atoms with van der Waals surface area (Å²) in [6, 6.07) is -1.02. The Morgan fingerprint density at radius 1 is 1.48 bits per heavy atom. The SMILES string of the molecule is C=CC1=C(C(=O)O)N2C(=O)C(NC(=O)C(=NOC(C)C(=O)O)c3csc(N)n3)[C@@H]2SC1. The van der Waals surface area contributed by atoms with Crippen molar-refractivity contribution in [3.05, 3.63) is 35.0 Å². The second-order valence-electron chi connectivity index (χ2n) is 6.34. The molecule has 0 radical (unpaired) electrons. The third kappa shape index (κ3) is 4.25. The fourth-order valence-electron chi connectivity index (χ4n) is 2.79. The molecule has 0 bridgehead atoms. The van der Waals surface area contributed by atoms with Gasteiger partial charge in [-0.15, -0.1) is 23.1 Å². The zero-order valence-corrected chi connectivity index (χ0v) is 17.6. The maximum absolute atomic E-state index is 12.8. The lowest BCUT2D eigenvalue weighted by atomic mass is 10.0. The van der Waals surface area contributed by atoms with Gasteiger partial charge in [-0.05, 0) is 12.5 Å². The standard InChI is InChI=1S/C17H17N5O7S2/c1-3-7-4-30-14-10(13(24)22(14)11(7)16(27)28)20-12(23)9(8-5-31-17(18)19-8)21-29-6(2)15(25)26/h3,5-6,10,14H,1,4H2,2H3,(H2,18,19)(H,20,23)(H,25,26)(H,27,28)/t6?,10?,14-/m0/s1. The number of hydrogen-bond acceptors (Lipinski definition) is 10. The molecule has 0 spiro atoms. The molecule has 2 aliphatic rings. The maximum atomic E-state index is 12.8. The van der Waals surface area contributed by atoms with Crippen molar-refractivity contribution in [3.8, 4) is 0 Å². The molecule has 3 atom stereocenters. The number of thioether (sulfide) groups is 1. The van der Waals surface area contributed by atoms with E-state index < -0.39 is 41.3 Å². The van der Waals surface area contributed by atoms with E-state index in [4.69, 9.17) is 15.7 Å². The number of oxime groups is 1. The van der Waals surface area contributed by atoms with Crippen LogP contribution in [0.25, 0.3) is 0 Å². The number of nitrogens with two attached hydrogens (primary N) is 1. The minimum absolute atomic E-state index is 0.0394. The van der Waals surface area contributed by atoms with Gasteiger partial charge in [-0.25, -0.2) is 14.6 Å². The number of rotatable bonds is 8. The molecule has 3 heterocycles. The number of hydrogen-bond donors (Lipinski definition) is 4. The average molecular weight is 467 g/mol. The van der Waals surface area contributed by atoms with Gasteiger partial charge < -0.3 is 26.1 Å². The predicted molar refractivity (Wildman–Crippen MR) is 111 cm³/mol. The first-order valence-corrected chi connectivity index (χ1v) is 10.6. The molecule has 31 heavy (non-hydrogen) atoms. The van der Waals surface area contributed by atoms with E-state index in [0.29, 0.717) is 11.3 Å². The Hall–Kier alpha value is -3.39. The highest BCUT2D eigenvalue weighted by Gasteiger charge is 2.54. The molecular weight excluding hydrogens is 450 g/mol. The molecule has 164 valence electrons. The van der Waals surface area contributed by atoms with Crippen molar-refractivity contribution in [2.24, 2.45) is 5.16 Å². The van der Waals surface area contributed by atoms with Gasteiger partial charge in [0.15, 0.2) is 10.8 Å². The van der Waals surface area contributed by atoms with Gasteiger partial charge in [0.2, 0.25) is 6.10 Å². The summed E-state index contributed by atoms with van der Waals surface area (Å²) in [6.45, 7) is 4.79. The van der Waals surface area contributed by atoms with Crippen molar-refractivity contribution in [1.29, 1.82) is 0 Å². The molecule has 1 aromatic heterocycles. The molecular formula is C17H17N5O7S2. The Labute approximate surface area is 183 Å². The number of allylic oxidation sites excluding steroid dienone is 1. The van der Waals surface area contributed by atoms with Gasteiger partial charge in [0.1, 0.15) is 22.8 Å². The highest BCUT2D eigenvalue weighted by atomic mass is 32.2. The lowest BCUT2D eigenvalue weighted by molar-refractivity contribution is -0.150. The zero-order valence-electron chi connectivity index (χ0n) is 16.0. The molecule has 5 N–H and O–H groups in total. The van der Waals surface area contributed by atoms with Gasteiger partial charge in [-0.1, -0.05) is 17.8 Å². The molecule has 1 saturated heterocycles. The predicted octanol–water partition coefficient (Wildman–Crippen LogP) is -0.156. The van der Waals surface area contributed by atoms with Crippen molar-refractivity contribution >= 4 is 57.7 Å². The second kappa shape index (κ2) is 8.77. The van der Waals surface area contributed by atoms with Crippen molar-refractivity contribution < 1.29 is 34.2 Å². The van der Waals surface area contributed by atoms with Crippen molar-refractivity contribution in [3.63, 3.8) is 0 Å². The summed E-state index contributed by atoms with van der Waals surface area (Å²) in [4.78, 5) is 57.9. The maximum Gasteiger partial charge on any atom is 0.352 e. The van der Waals surface area contributed by atoms with Crippen LogP contribution in [-0.4, -0.2) is 72.8 Å². The van der Waals surface area contributed by atoms with E-state index in [9.17, 15) is 24.3 Å². The van der Waals surface area contributed by atoms with Crippen molar-refractivity contribution in [2.75, 3.05) is 11.5 Å².